The number of aromatic nitrogens is 2. The Hall–Kier alpha value is -1.73. The Morgan fingerprint density at radius 2 is 2.17 bits per heavy atom. The minimum absolute atomic E-state index is 0.0685. The van der Waals surface area contributed by atoms with Gasteiger partial charge in [0.1, 0.15) is 5.76 Å². The first-order valence-electron chi connectivity index (χ1n) is 8.21. The van der Waals surface area contributed by atoms with Crippen molar-refractivity contribution in [3.63, 3.8) is 0 Å². The molecule has 0 saturated carbocycles. The number of rotatable bonds is 5. The molecule has 1 N–H and O–H groups in total. The lowest BCUT2D eigenvalue weighted by atomic mass is 10.1. The highest BCUT2D eigenvalue weighted by molar-refractivity contribution is 7.99. The Balaban J connectivity index is 1.72. The Kier molecular flexibility index (Phi) is 5.30. The van der Waals surface area contributed by atoms with Gasteiger partial charge in [-0.2, -0.15) is 16.9 Å². The molecular formula is C17H24N4O2S. The van der Waals surface area contributed by atoms with Gasteiger partial charge in [0.2, 0.25) is 0 Å². The van der Waals surface area contributed by atoms with Gasteiger partial charge in [0.25, 0.3) is 5.91 Å². The second-order valence-corrected chi connectivity index (χ2v) is 7.28. The summed E-state index contributed by atoms with van der Waals surface area (Å²) in [6, 6.07) is 3.96. The molecule has 24 heavy (non-hydrogen) atoms. The summed E-state index contributed by atoms with van der Waals surface area (Å²) in [5.74, 6) is 3.07. The predicted octanol–water partition coefficient (Wildman–Crippen LogP) is 2.15. The fourth-order valence-electron chi connectivity index (χ4n) is 3.16. The Morgan fingerprint density at radius 3 is 2.75 bits per heavy atom. The lowest BCUT2D eigenvalue weighted by Crippen LogP contribution is -2.42. The molecule has 3 heterocycles. The first-order valence-corrected chi connectivity index (χ1v) is 9.37. The molecule has 1 saturated heterocycles. The third kappa shape index (κ3) is 3.52. The van der Waals surface area contributed by atoms with Crippen LogP contribution in [-0.2, 0) is 7.05 Å². The quantitative estimate of drug-likeness (QED) is 0.897. The zero-order valence-corrected chi connectivity index (χ0v) is 15.2. The fourth-order valence-corrected chi connectivity index (χ4v) is 4.09. The van der Waals surface area contributed by atoms with E-state index in [-0.39, 0.29) is 11.9 Å². The predicted molar refractivity (Wildman–Crippen MR) is 95.4 cm³/mol. The van der Waals surface area contributed by atoms with Gasteiger partial charge in [-0.05, 0) is 26.0 Å². The van der Waals surface area contributed by atoms with Crippen molar-refractivity contribution < 1.29 is 9.21 Å². The van der Waals surface area contributed by atoms with Crippen LogP contribution in [0.4, 0.5) is 0 Å². The van der Waals surface area contributed by atoms with Crippen molar-refractivity contribution >= 4 is 17.7 Å². The molecule has 1 aliphatic rings. The number of furan rings is 1. The highest BCUT2D eigenvalue weighted by atomic mass is 32.2. The number of thioether (sulfide) groups is 1. The molecule has 2 aromatic heterocycles. The van der Waals surface area contributed by atoms with Crippen LogP contribution in [0.2, 0.25) is 0 Å². The second kappa shape index (κ2) is 7.44. The van der Waals surface area contributed by atoms with Crippen molar-refractivity contribution in [3.8, 4) is 0 Å². The molecule has 1 aliphatic heterocycles. The summed E-state index contributed by atoms with van der Waals surface area (Å²) in [7, 11) is 1.86. The Labute approximate surface area is 146 Å². The maximum atomic E-state index is 12.6. The molecule has 6 nitrogen and oxygen atoms in total. The van der Waals surface area contributed by atoms with E-state index in [0.717, 1.165) is 41.7 Å². The molecule has 1 amide bonds. The van der Waals surface area contributed by atoms with Crippen molar-refractivity contribution in [2.45, 2.75) is 19.9 Å². The van der Waals surface area contributed by atoms with E-state index in [9.17, 15) is 4.79 Å². The van der Waals surface area contributed by atoms with Crippen LogP contribution in [-0.4, -0.2) is 51.7 Å². The number of carbonyl (C=O) groups excluding carboxylic acids is 1. The third-order valence-corrected chi connectivity index (χ3v) is 5.49. The van der Waals surface area contributed by atoms with E-state index in [2.05, 4.69) is 15.3 Å². The number of nitrogens with zero attached hydrogens (tertiary/aromatic N) is 3. The van der Waals surface area contributed by atoms with E-state index in [0.29, 0.717) is 12.1 Å². The van der Waals surface area contributed by atoms with E-state index < -0.39 is 0 Å². The molecule has 0 bridgehead atoms. The number of nitrogens with one attached hydrogen (secondary N) is 1. The first-order chi connectivity index (χ1) is 11.6. The van der Waals surface area contributed by atoms with Crippen LogP contribution >= 0.6 is 11.8 Å². The van der Waals surface area contributed by atoms with Gasteiger partial charge in [0, 0.05) is 43.9 Å². The monoisotopic (exact) mass is 348 g/mol. The van der Waals surface area contributed by atoms with Crippen LogP contribution in [0.3, 0.4) is 0 Å². The Morgan fingerprint density at radius 1 is 1.42 bits per heavy atom. The second-order valence-electron chi connectivity index (χ2n) is 6.06. The summed E-state index contributed by atoms with van der Waals surface area (Å²) in [6.45, 7) is 6.34. The standard InChI is InChI=1S/C17H24N4O2S/c1-12-16(13(2)20(3)19-12)17(22)18-11-14(15-5-4-8-23-15)21-6-9-24-10-7-21/h4-5,8,14H,6-7,9-11H2,1-3H3,(H,18,22)/t14-/m0/s1. The topological polar surface area (TPSA) is 63.3 Å². The lowest BCUT2D eigenvalue weighted by molar-refractivity contribution is 0.0928. The van der Waals surface area contributed by atoms with Gasteiger partial charge in [0.15, 0.2) is 0 Å². The molecule has 0 spiro atoms. The minimum Gasteiger partial charge on any atom is -0.468 e. The molecule has 0 aromatic carbocycles. The molecule has 130 valence electrons. The van der Waals surface area contributed by atoms with Gasteiger partial charge in [-0.1, -0.05) is 0 Å². The molecular weight excluding hydrogens is 324 g/mol. The smallest absolute Gasteiger partial charge is 0.255 e. The van der Waals surface area contributed by atoms with Crippen molar-refractivity contribution in [3.05, 3.63) is 41.1 Å². The van der Waals surface area contributed by atoms with Crippen molar-refractivity contribution in [1.82, 2.24) is 20.0 Å². The summed E-state index contributed by atoms with van der Waals surface area (Å²) in [5.41, 5.74) is 2.32. The summed E-state index contributed by atoms with van der Waals surface area (Å²) >= 11 is 1.97. The summed E-state index contributed by atoms with van der Waals surface area (Å²) in [5, 5.41) is 7.40. The average molecular weight is 348 g/mol. The van der Waals surface area contributed by atoms with Crippen LogP contribution in [0.5, 0.6) is 0 Å². The SMILES string of the molecule is Cc1nn(C)c(C)c1C(=O)NC[C@@H](c1ccco1)N1CCSCC1. The van der Waals surface area contributed by atoms with Gasteiger partial charge >= 0.3 is 0 Å². The normalized spacial score (nSPS) is 17.0. The maximum absolute atomic E-state index is 12.6. The largest absolute Gasteiger partial charge is 0.468 e. The number of carbonyl (C=O) groups is 1. The number of hydrogen-bond donors (Lipinski definition) is 1. The fraction of sp³-hybridized carbons (Fsp3) is 0.529. The van der Waals surface area contributed by atoms with E-state index in [1.54, 1.807) is 10.9 Å². The summed E-state index contributed by atoms with van der Waals surface area (Å²) < 4.78 is 7.37. The van der Waals surface area contributed by atoms with Gasteiger partial charge in [0.05, 0.1) is 23.6 Å². The minimum atomic E-state index is -0.0685. The summed E-state index contributed by atoms with van der Waals surface area (Å²) in [6.07, 6.45) is 1.69. The molecule has 2 aromatic rings. The van der Waals surface area contributed by atoms with Crippen molar-refractivity contribution in [2.24, 2.45) is 7.05 Å². The van der Waals surface area contributed by atoms with Crippen molar-refractivity contribution in [2.75, 3.05) is 31.1 Å². The molecule has 1 fully saturated rings. The zero-order valence-electron chi connectivity index (χ0n) is 14.4. The molecule has 7 heteroatoms. The highest BCUT2D eigenvalue weighted by Crippen LogP contribution is 2.24. The molecule has 0 aliphatic carbocycles. The van der Waals surface area contributed by atoms with E-state index >= 15 is 0 Å². The molecule has 0 unspecified atom stereocenters. The molecule has 0 radical (unpaired) electrons. The van der Waals surface area contributed by atoms with Gasteiger partial charge < -0.3 is 9.73 Å². The van der Waals surface area contributed by atoms with Gasteiger partial charge in [-0.3, -0.25) is 14.4 Å². The molecule has 1 atom stereocenters. The van der Waals surface area contributed by atoms with Crippen LogP contribution in [0.1, 0.15) is 33.5 Å². The number of hydrogen-bond acceptors (Lipinski definition) is 5. The van der Waals surface area contributed by atoms with Crippen LogP contribution < -0.4 is 5.32 Å². The maximum Gasteiger partial charge on any atom is 0.255 e. The van der Waals surface area contributed by atoms with E-state index in [1.165, 1.54) is 0 Å². The zero-order chi connectivity index (χ0) is 17.1. The van der Waals surface area contributed by atoms with Crippen molar-refractivity contribution in [1.29, 1.82) is 0 Å². The summed E-state index contributed by atoms with van der Waals surface area (Å²) in [4.78, 5) is 15.0. The highest BCUT2D eigenvalue weighted by Gasteiger charge is 2.26. The van der Waals surface area contributed by atoms with E-state index in [1.807, 2.05) is 44.8 Å². The van der Waals surface area contributed by atoms with Gasteiger partial charge in [-0.25, -0.2) is 0 Å². The first kappa shape index (κ1) is 17.1. The van der Waals surface area contributed by atoms with Gasteiger partial charge in [-0.15, -0.1) is 0 Å². The average Bonchev–Trinajstić information content (AvgIpc) is 3.18. The lowest BCUT2D eigenvalue weighted by Gasteiger charge is -2.33. The van der Waals surface area contributed by atoms with E-state index in [4.69, 9.17) is 4.42 Å². The number of amides is 1. The Bertz CT molecular complexity index is 690. The van der Waals surface area contributed by atoms with Crippen LogP contribution in [0.25, 0.3) is 0 Å². The van der Waals surface area contributed by atoms with Crippen LogP contribution in [0, 0.1) is 13.8 Å². The van der Waals surface area contributed by atoms with Crippen LogP contribution in [0.15, 0.2) is 22.8 Å². The number of aryl methyl sites for hydroxylation is 2. The third-order valence-electron chi connectivity index (χ3n) is 4.55. The molecule has 3 rings (SSSR count).